The summed E-state index contributed by atoms with van der Waals surface area (Å²) < 4.78 is 17.6. The quantitative estimate of drug-likeness (QED) is 0.394. The maximum Gasteiger partial charge on any atom is 0.407 e. The Bertz CT molecular complexity index is 1230. The maximum absolute atomic E-state index is 13.5. The van der Waals surface area contributed by atoms with Crippen molar-refractivity contribution in [3.05, 3.63) is 48.2 Å². The van der Waals surface area contributed by atoms with E-state index in [1.54, 1.807) is 13.0 Å². The van der Waals surface area contributed by atoms with Crippen molar-refractivity contribution in [3.8, 4) is 11.3 Å². The van der Waals surface area contributed by atoms with Gasteiger partial charge < -0.3 is 34.5 Å². The lowest BCUT2D eigenvalue weighted by Crippen LogP contribution is -2.56. The molecule has 13 heteroatoms. The smallest absolute Gasteiger partial charge is 0.407 e. The fraction of sp³-hybridized carbons (Fsp3) is 0.462. The minimum atomic E-state index is -4.21. The molecule has 2 aliphatic heterocycles. The molecule has 3 heterocycles. The summed E-state index contributed by atoms with van der Waals surface area (Å²) in [5.74, 6) is -1.24. The monoisotopic (exact) mass is 559 g/mol. The molecule has 0 bridgehead atoms. The van der Waals surface area contributed by atoms with E-state index in [1.807, 2.05) is 36.4 Å². The molecule has 39 heavy (non-hydrogen) atoms. The van der Waals surface area contributed by atoms with E-state index < -0.39 is 37.7 Å². The van der Waals surface area contributed by atoms with Crippen LogP contribution in [0.1, 0.15) is 30.3 Å². The number of nitrogens with one attached hydrogen (secondary N) is 1. The van der Waals surface area contributed by atoms with Crippen molar-refractivity contribution in [1.29, 1.82) is 0 Å². The van der Waals surface area contributed by atoms with E-state index in [2.05, 4.69) is 15.2 Å². The molecule has 1 aromatic carbocycles. The van der Waals surface area contributed by atoms with Gasteiger partial charge in [-0.05, 0) is 31.9 Å². The standard InChI is InChI=1S/C26H34N5O7P/c1-2-38-39(36,37)18-23(25(33)30-12-14-31(15-13-30)26(34)35)28-24(32)22-17-20(29-10-6-7-11-29)16-21(27-22)19-8-4-3-5-9-19/h3-5,8-9,16-17,23H,2,6-7,10-15,18H2,1H3,(H,28,32)(H,34,35)(H,36,37). The summed E-state index contributed by atoms with van der Waals surface area (Å²) in [7, 11) is -4.21. The molecule has 4 rings (SSSR count). The van der Waals surface area contributed by atoms with E-state index in [1.165, 1.54) is 9.80 Å². The van der Waals surface area contributed by atoms with Gasteiger partial charge in [-0.3, -0.25) is 14.2 Å². The van der Waals surface area contributed by atoms with Gasteiger partial charge in [-0.2, -0.15) is 0 Å². The minimum absolute atomic E-state index is 0.0419. The average molecular weight is 560 g/mol. The summed E-state index contributed by atoms with van der Waals surface area (Å²) >= 11 is 0. The highest BCUT2D eigenvalue weighted by Gasteiger charge is 2.36. The Hall–Kier alpha value is -3.47. The van der Waals surface area contributed by atoms with Gasteiger partial charge >= 0.3 is 13.7 Å². The number of aromatic nitrogens is 1. The van der Waals surface area contributed by atoms with E-state index in [9.17, 15) is 28.9 Å². The number of amides is 3. The summed E-state index contributed by atoms with van der Waals surface area (Å²) in [6.45, 7) is 3.62. The first-order valence-electron chi connectivity index (χ1n) is 13.0. The van der Waals surface area contributed by atoms with Gasteiger partial charge in [0.25, 0.3) is 5.91 Å². The minimum Gasteiger partial charge on any atom is -0.465 e. The Morgan fingerprint density at radius 3 is 2.28 bits per heavy atom. The molecule has 210 valence electrons. The first kappa shape index (κ1) is 28.5. The van der Waals surface area contributed by atoms with Crippen LogP contribution in [0.25, 0.3) is 11.3 Å². The fourth-order valence-electron chi connectivity index (χ4n) is 4.79. The summed E-state index contributed by atoms with van der Waals surface area (Å²) in [5, 5.41) is 11.8. The summed E-state index contributed by atoms with van der Waals surface area (Å²) in [5.41, 5.74) is 2.34. The molecule has 2 saturated heterocycles. The van der Waals surface area contributed by atoms with E-state index in [4.69, 9.17) is 4.52 Å². The number of pyridine rings is 1. The van der Waals surface area contributed by atoms with Crippen LogP contribution in [-0.2, 0) is 13.9 Å². The zero-order chi connectivity index (χ0) is 28.0. The number of carbonyl (C=O) groups excluding carboxylic acids is 2. The van der Waals surface area contributed by atoms with Crippen molar-refractivity contribution in [2.75, 3.05) is 56.9 Å². The van der Waals surface area contributed by atoms with Crippen LogP contribution < -0.4 is 10.2 Å². The van der Waals surface area contributed by atoms with Gasteiger partial charge in [-0.25, -0.2) is 9.78 Å². The van der Waals surface area contributed by atoms with Crippen LogP contribution in [0.3, 0.4) is 0 Å². The molecule has 0 radical (unpaired) electrons. The van der Waals surface area contributed by atoms with E-state index in [-0.39, 0.29) is 38.5 Å². The third-order valence-electron chi connectivity index (χ3n) is 6.79. The van der Waals surface area contributed by atoms with Gasteiger partial charge in [-0.15, -0.1) is 0 Å². The van der Waals surface area contributed by atoms with Crippen LogP contribution >= 0.6 is 7.60 Å². The van der Waals surface area contributed by atoms with Crippen molar-refractivity contribution in [1.82, 2.24) is 20.1 Å². The number of hydrogen-bond acceptors (Lipinski definition) is 7. The molecule has 2 aromatic rings. The number of hydrogen-bond donors (Lipinski definition) is 3. The molecule has 3 amide bonds. The van der Waals surface area contributed by atoms with Crippen LogP contribution in [0.4, 0.5) is 10.5 Å². The average Bonchev–Trinajstić information content (AvgIpc) is 3.48. The number of carbonyl (C=O) groups is 3. The molecule has 0 saturated carbocycles. The topological polar surface area (TPSA) is 153 Å². The molecule has 0 spiro atoms. The van der Waals surface area contributed by atoms with Gasteiger partial charge in [0.2, 0.25) is 5.91 Å². The Morgan fingerprint density at radius 2 is 1.67 bits per heavy atom. The highest BCUT2D eigenvalue weighted by molar-refractivity contribution is 7.52. The predicted molar refractivity (Wildman–Crippen MR) is 145 cm³/mol. The SMILES string of the molecule is CCOP(=O)(O)CC(NC(=O)c1cc(N2CCCC2)cc(-c2ccccc2)n1)C(=O)N1CCN(C(=O)O)CC1. The number of nitrogens with zero attached hydrogens (tertiary/aromatic N) is 4. The molecular formula is C26H34N5O7P. The lowest BCUT2D eigenvalue weighted by atomic mass is 10.1. The summed E-state index contributed by atoms with van der Waals surface area (Å²) in [4.78, 5) is 57.8. The van der Waals surface area contributed by atoms with Gasteiger partial charge in [-0.1, -0.05) is 30.3 Å². The molecule has 0 aliphatic carbocycles. The first-order valence-corrected chi connectivity index (χ1v) is 14.8. The highest BCUT2D eigenvalue weighted by atomic mass is 31.2. The van der Waals surface area contributed by atoms with Gasteiger partial charge in [0.15, 0.2) is 0 Å². The third kappa shape index (κ3) is 7.35. The molecular weight excluding hydrogens is 525 g/mol. The maximum atomic E-state index is 13.5. The van der Waals surface area contributed by atoms with Gasteiger partial charge in [0, 0.05) is 50.5 Å². The normalized spacial score (nSPS) is 17.9. The Balaban J connectivity index is 1.60. The Labute approximate surface area is 227 Å². The van der Waals surface area contributed by atoms with Crippen molar-refractivity contribution >= 4 is 31.2 Å². The summed E-state index contributed by atoms with van der Waals surface area (Å²) in [6, 6.07) is 11.7. The third-order valence-corrected chi connectivity index (χ3v) is 8.28. The summed E-state index contributed by atoms with van der Waals surface area (Å²) in [6.07, 6.45) is 0.377. The fourth-order valence-corrected chi connectivity index (χ4v) is 6.01. The lowest BCUT2D eigenvalue weighted by molar-refractivity contribution is -0.134. The predicted octanol–water partition coefficient (Wildman–Crippen LogP) is 2.49. The number of anilines is 1. The Kier molecular flexibility index (Phi) is 9.21. The van der Waals surface area contributed by atoms with E-state index in [0.29, 0.717) is 5.69 Å². The van der Waals surface area contributed by atoms with E-state index in [0.717, 1.165) is 37.2 Å². The molecule has 2 fully saturated rings. The number of piperazine rings is 1. The van der Waals surface area contributed by atoms with Crippen LogP contribution in [0, 0.1) is 0 Å². The Morgan fingerprint density at radius 1 is 1.03 bits per heavy atom. The van der Waals surface area contributed by atoms with Crippen LogP contribution in [0.2, 0.25) is 0 Å². The van der Waals surface area contributed by atoms with E-state index >= 15 is 0 Å². The number of benzene rings is 1. The van der Waals surface area contributed by atoms with Gasteiger partial charge in [0.05, 0.1) is 18.5 Å². The molecule has 3 N–H and O–H groups in total. The van der Waals surface area contributed by atoms with Crippen LogP contribution in [0.5, 0.6) is 0 Å². The largest absolute Gasteiger partial charge is 0.465 e. The second-order valence-corrected chi connectivity index (χ2v) is 11.4. The molecule has 2 atom stereocenters. The van der Waals surface area contributed by atoms with Crippen molar-refractivity contribution in [2.24, 2.45) is 0 Å². The molecule has 2 aliphatic rings. The lowest BCUT2D eigenvalue weighted by Gasteiger charge is -2.35. The number of carboxylic acid groups (broad SMARTS) is 1. The van der Waals surface area contributed by atoms with Crippen molar-refractivity contribution in [3.63, 3.8) is 0 Å². The molecule has 1 aromatic heterocycles. The second-order valence-electron chi connectivity index (χ2n) is 9.51. The van der Waals surface area contributed by atoms with Crippen molar-refractivity contribution in [2.45, 2.75) is 25.8 Å². The number of rotatable bonds is 9. The van der Waals surface area contributed by atoms with Crippen LogP contribution in [-0.4, -0.2) is 101 Å². The second kappa shape index (κ2) is 12.6. The first-order chi connectivity index (χ1) is 18.7. The highest BCUT2D eigenvalue weighted by Crippen LogP contribution is 2.42. The molecule has 12 nitrogen and oxygen atoms in total. The van der Waals surface area contributed by atoms with Crippen LogP contribution in [0.15, 0.2) is 42.5 Å². The van der Waals surface area contributed by atoms with Crippen molar-refractivity contribution < 1.29 is 33.5 Å². The zero-order valence-electron chi connectivity index (χ0n) is 21.9. The van der Waals surface area contributed by atoms with Gasteiger partial charge in [0.1, 0.15) is 11.7 Å². The molecule has 2 unspecified atom stereocenters. The zero-order valence-corrected chi connectivity index (χ0v) is 22.8.